The Bertz CT molecular complexity index is 1270. The summed E-state index contributed by atoms with van der Waals surface area (Å²) in [4.78, 5) is 0. The number of hydrogen-bond acceptors (Lipinski definition) is 1. The van der Waals surface area contributed by atoms with Crippen LogP contribution >= 0.6 is 11.3 Å². The smallest absolute Gasteiger partial charge is 0.0436 e. The lowest BCUT2D eigenvalue weighted by Gasteiger charge is -2.08. The fourth-order valence-electron chi connectivity index (χ4n) is 3.70. The van der Waals surface area contributed by atoms with Crippen LogP contribution in [0.1, 0.15) is 12.5 Å². The minimum Gasteiger partial charge on any atom is -0.134 e. The van der Waals surface area contributed by atoms with E-state index in [1.165, 1.54) is 47.3 Å². The molecule has 0 nitrogen and oxygen atoms in total. The van der Waals surface area contributed by atoms with Crippen molar-refractivity contribution >= 4 is 58.6 Å². The minimum absolute atomic E-state index is 1.13. The van der Waals surface area contributed by atoms with Crippen molar-refractivity contribution in [3.05, 3.63) is 78.9 Å². The third-order valence-electron chi connectivity index (χ3n) is 4.81. The number of allylic oxidation sites excluding steroid dienone is 1. The highest BCUT2D eigenvalue weighted by Crippen LogP contribution is 2.44. The first-order valence-corrected chi connectivity index (χ1v) is 8.97. The Kier molecular flexibility index (Phi) is 2.83. The lowest BCUT2D eigenvalue weighted by atomic mass is 9.96. The molecule has 0 unspecified atom stereocenters. The van der Waals surface area contributed by atoms with E-state index >= 15 is 0 Å². The van der Waals surface area contributed by atoms with E-state index in [2.05, 4.69) is 80.2 Å². The van der Waals surface area contributed by atoms with Crippen LogP contribution in [-0.4, -0.2) is 0 Å². The molecule has 24 heavy (non-hydrogen) atoms. The van der Waals surface area contributed by atoms with Gasteiger partial charge in [-0.15, -0.1) is 11.3 Å². The highest BCUT2D eigenvalue weighted by atomic mass is 32.1. The fourth-order valence-corrected chi connectivity index (χ4v) is 5.03. The minimum atomic E-state index is 1.13. The third-order valence-corrected chi connectivity index (χ3v) is 6.00. The van der Waals surface area contributed by atoms with Gasteiger partial charge in [0.2, 0.25) is 0 Å². The van der Waals surface area contributed by atoms with E-state index in [9.17, 15) is 0 Å². The highest BCUT2D eigenvalue weighted by Gasteiger charge is 2.15. The molecule has 0 amide bonds. The van der Waals surface area contributed by atoms with E-state index in [1.54, 1.807) is 0 Å². The molecule has 0 bridgehead atoms. The zero-order valence-electron chi connectivity index (χ0n) is 13.5. The van der Waals surface area contributed by atoms with Gasteiger partial charge in [-0.05, 0) is 51.7 Å². The maximum absolute atomic E-state index is 4.22. The fraction of sp³-hybridized carbons (Fsp3) is 0.0435. The van der Waals surface area contributed by atoms with Gasteiger partial charge in [-0.3, -0.25) is 0 Å². The van der Waals surface area contributed by atoms with Crippen molar-refractivity contribution in [3.8, 4) is 0 Å². The monoisotopic (exact) mass is 324 g/mol. The van der Waals surface area contributed by atoms with Gasteiger partial charge in [0.05, 0.1) is 0 Å². The van der Waals surface area contributed by atoms with Crippen LogP contribution in [-0.2, 0) is 0 Å². The molecule has 1 aromatic heterocycles. The molecule has 0 aliphatic heterocycles. The third kappa shape index (κ3) is 1.79. The standard InChI is InChI=1S/C23H16S/c1-14(2)19-13-16-8-4-6-10-18(16)22-21-17-9-5-3-7-15(17)11-12-20(21)24-23(19)22/h3-13H,1H2,2H3. The lowest BCUT2D eigenvalue weighted by Crippen LogP contribution is -1.82. The first-order chi connectivity index (χ1) is 11.7. The van der Waals surface area contributed by atoms with Crippen LogP contribution in [0.15, 0.2) is 73.3 Å². The molecule has 0 atom stereocenters. The molecule has 5 rings (SSSR count). The highest BCUT2D eigenvalue weighted by molar-refractivity contribution is 7.26. The maximum Gasteiger partial charge on any atom is 0.0436 e. The molecule has 0 saturated carbocycles. The van der Waals surface area contributed by atoms with Crippen LogP contribution in [0, 0.1) is 0 Å². The molecule has 114 valence electrons. The van der Waals surface area contributed by atoms with Crippen LogP contribution < -0.4 is 0 Å². The average molecular weight is 324 g/mol. The van der Waals surface area contributed by atoms with E-state index in [1.807, 2.05) is 11.3 Å². The SMILES string of the molecule is C=C(C)c1cc2ccccc2c2c1sc1ccc3ccccc3c12. The second-order valence-corrected chi connectivity index (χ2v) is 7.44. The van der Waals surface area contributed by atoms with Gasteiger partial charge in [0, 0.05) is 20.2 Å². The van der Waals surface area contributed by atoms with Crippen LogP contribution in [0.2, 0.25) is 0 Å². The van der Waals surface area contributed by atoms with Crippen molar-refractivity contribution in [2.75, 3.05) is 0 Å². The van der Waals surface area contributed by atoms with E-state index < -0.39 is 0 Å². The number of fused-ring (bicyclic) bond motifs is 7. The summed E-state index contributed by atoms with van der Waals surface area (Å²) in [6.45, 7) is 6.32. The summed E-state index contributed by atoms with van der Waals surface area (Å²) in [7, 11) is 0. The van der Waals surface area contributed by atoms with Crippen LogP contribution in [0.25, 0.3) is 47.3 Å². The van der Waals surface area contributed by atoms with Crippen molar-refractivity contribution in [1.82, 2.24) is 0 Å². The van der Waals surface area contributed by atoms with Crippen LogP contribution in [0.5, 0.6) is 0 Å². The number of rotatable bonds is 1. The summed E-state index contributed by atoms with van der Waals surface area (Å²) in [6, 6.07) is 24.2. The molecule has 4 aromatic carbocycles. The number of hydrogen-bond donors (Lipinski definition) is 0. The van der Waals surface area contributed by atoms with Crippen LogP contribution in [0.3, 0.4) is 0 Å². The van der Waals surface area contributed by atoms with E-state index in [4.69, 9.17) is 0 Å². The molecule has 0 aliphatic carbocycles. The second-order valence-electron chi connectivity index (χ2n) is 6.39. The van der Waals surface area contributed by atoms with Crippen molar-refractivity contribution < 1.29 is 0 Å². The molecule has 0 saturated heterocycles. The van der Waals surface area contributed by atoms with Gasteiger partial charge < -0.3 is 0 Å². The zero-order valence-corrected chi connectivity index (χ0v) is 14.3. The largest absolute Gasteiger partial charge is 0.134 e. The summed E-state index contributed by atoms with van der Waals surface area (Å²) in [5, 5.41) is 8.02. The molecule has 1 heterocycles. The molecule has 5 aromatic rings. The summed E-state index contributed by atoms with van der Waals surface area (Å²) in [5.74, 6) is 0. The summed E-state index contributed by atoms with van der Waals surface area (Å²) in [6.07, 6.45) is 0. The van der Waals surface area contributed by atoms with Gasteiger partial charge >= 0.3 is 0 Å². The zero-order chi connectivity index (χ0) is 16.3. The molecule has 0 radical (unpaired) electrons. The van der Waals surface area contributed by atoms with Crippen molar-refractivity contribution in [2.24, 2.45) is 0 Å². The van der Waals surface area contributed by atoms with E-state index in [0.717, 1.165) is 5.57 Å². The summed E-state index contributed by atoms with van der Waals surface area (Å²) >= 11 is 1.89. The Hall–Kier alpha value is -2.64. The van der Waals surface area contributed by atoms with Crippen LogP contribution in [0.4, 0.5) is 0 Å². The Labute approximate surface area is 144 Å². The number of thiophene rings is 1. The topological polar surface area (TPSA) is 0 Å². The molecule has 0 fully saturated rings. The quantitative estimate of drug-likeness (QED) is 0.301. The molecule has 0 aliphatic rings. The normalized spacial score (nSPS) is 11.7. The predicted molar refractivity (Wildman–Crippen MR) is 109 cm³/mol. The molecule has 0 N–H and O–H groups in total. The predicted octanol–water partition coefficient (Wildman–Crippen LogP) is 7.39. The Morgan fingerprint density at radius 2 is 1.46 bits per heavy atom. The van der Waals surface area contributed by atoms with E-state index in [0.29, 0.717) is 0 Å². The van der Waals surface area contributed by atoms with E-state index in [-0.39, 0.29) is 0 Å². The van der Waals surface area contributed by atoms with Gasteiger partial charge in [-0.1, -0.05) is 61.2 Å². The first kappa shape index (κ1) is 13.8. The Morgan fingerprint density at radius 1 is 0.792 bits per heavy atom. The van der Waals surface area contributed by atoms with Gasteiger partial charge in [-0.25, -0.2) is 0 Å². The van der Waals surface area contributed by atoms with Crippen molar-refractivity contribution in [2.45, 2.75) is 6.92 Å². The Balaban J connectivity index is 2.17. The molecular weight excluding hydrogens is 308 g/mol. The molecular formula is C23H16S. The molecule has 0 spiro atoms. The second kappa shape index (κ2) is 4.93. The maximum atomic E-state index is 4.22. The van der Waals surface area contributed by atoms with Crippen molar-refractivity contribution in [1.29, 1.82) is 0 Å². The summed E-state index contributed by atoms with van der Waals surface area (Å²) < 4.78 is 2.70. The number of benzene rings is 4. The van der Waals surface area contributed by atoms with Gasteiger partial charge in [0.15, 0.2) is 0 Å². The average Bonchev–Trinajstić information content (AvgIpc) is 3.01. The van der Waals surface area contributed by atoms with Gasteiger partial charge in [0.1, 0.15) is 0 Å². The van der Waals surface area contributed by atoms with Gasteiger partial charge in [-0.2, -0.15) is 0 Å². The molecule has 1 heteroatoms. The lowest BCUT2D eigenvalue weighted by molar-refractivity contribution is 1.70. The first-order valence-electron chi connectivity index (χ1n) is 8.15. The van der Waals surface area contributed by atoms with Crippen molar-refractivity contribution in [3.63, 3.8) is 0 Å². The van der Waals surface area contributed by atoms with Gasteiger partial charge in [0.25, 0.3) is 0 Å². The Morgan fingerprint density at radius 3 is 2.21 bits per heavy atom. The summed E-state index contributed by atoms with van der Waals surface area (Å²) in [5.41, 5.74) is 2.40.